The summed E-state index contributed by atoms with van der Waals surface area (Å²) >= 11 is 0. The van der Waals surface area contributed by atoms with E-state index in [0.717, 1.165) is 35.9 Å². The van der Waals surface area contributed by atoms with Gasteiger partial charge in [0.05, 0.1) is 24.5 Å². The van der Waals surface area contributed by atoms with Crippen LogP contribution in [-0.4, -0.2) is 24.5 Å². The third-order valence-electron chi connectivity index (χ3n) is 4.93. The van der Waals surface area contributed by atoms with Crippen LogP contribution < -0.4 is 0 Å². The highest BCUT2D eigenvalue weighted by atomic mass is 15.3. The lowest BCUT2D eigenvalue weighted by molar-refractivity contribution is 0.688. The van der Waals surface area contributed by atoms with Crippen molar-refractivity contribution < 1.29 is 0 Å². The Morgan fingerprint density at radius 2 is 0.933 bits per heavy atom. The summed E-state index contributed by atoms with van der Waals surface area (Å²) in [5.41, 5.74) is 5.84. The molecule has 0 aliphatic carbocycles. The first-order valence-corrected chi connectivity index (χ1v) is 9.96. The zero-order valence-corrected chi connectivity index (χ0v) is 16.5. The third kappa shape index (κ3) is 4.05. The maximum Gasteiger partial charge on any atom is 0.111 e. The van der Waals surface area contributed by atoms with E-state index in [-0.39, 0.29) is 0 Å². The summed E-state index contributed by atoms with van der Waals surface area (Å²) in [5, 5.41) is 9.40. The second kappa shape index (κ2) is 8.17. The van der Waals surface area contributed by atoms with E-state index in [1.54, 1.807) is 0 Å². The molecule has 0 atom stereocenters. The zero-order chi connectivity index (χ0) is 20.2. The fraction of sp³-hybridized carbons (Fsp3) is 0.0800. The number of rotatable bonds is 6. The molecule has 0 aliphatic rings. The molecule has 0 saturated heterocycles. The fourth-order valence-electron chi connectivity index (χ4n) is 3.43. The molecule has 3 heterocycles. The number of pyridine rings is 1. The summed E-state index contributed by atoms with van der Waals surface area (Å²) in [6.07, 6.45) is 3.98. The molecule has 2 aromatic carbocycles. The number of benzene rings is 2. The van der Waals surface area contributed by atoms with Crippen LogP contribution in [0.1, 0.15) is 11.1 Å². The number of nitrogens with zero attached hydrogens (tertiary/aromatic N) is 5. The van der Waals surface area contributed by atoms with Crippen molar-refractivity contribution in [1.82, 2.24) is 24.5 Å². The van der Waals surface area contributed by atoms with Crippen LogP contribution in [0.25, 0.3) is 22.8 Å². The van der Waals surface area contributed by atoms with E-state index in [9.17, 15) is 0 Å². The van der Waals surface area contributed by atoms with E-state index < -0.39 is 0 Å². The van der Waals surface area contributed by atoms with Crippen LogP contribution in [0.15, 0.2) is 103 Å². The lowest BCUT2D eigenvalue weighted by Gasteiger charge is -2.03. The molecule has 30 heavy (non-hydrogen) atoms. The molecule has 5 heteroatoms. The first-order valence-electron chi connectivity index (χ1n) is 9.96. The topological polar surface area (TPSA) is 48.5 Å². The minimum atomic E-state index is 0.740. The molecule has 0 amide bonds. The second-order valence-corrected chi connectivity index (χ2v) is 7.18. The van der Waals surface area contributed by atoms with E-state index in [4.69, 9.17) is 15.2 Å². The lowest BCUT2D eigenvalue weighted by atomic mass is 10.2. The van der Waals surface area contributed by atoms with E-state index in [1.165, 1.54) is 11.1 Å². The third-order valence-corrected chi connectivity index (χ3v) is 4.93. The molecule has 0 N–H and O–H groups in total. The predicted octanol–water partition coefficient (Wildman–Crippen LogP) is 4.91. The van der Waals surface area contributed by atoms with E-state index in [1.807, 2.05) is 88.5 Å². The molecule has 0 bridgehead atoms. The predicted molar refractivity (Wildman–Crippen MR) is 118 cm³/mol. The first-order chi connectivity index (χ1) is 14.8. The van der Waals surface area contributed by atoms with Gasteiger partial charge in [0.1, 0.15) is 11.4 Å². The normalized spacial score (nSPS) is 10.9. The van der Waals surface area contributed by atoms with Crippen molar-refractivity contribution in [3.8, 4) is 22.8 Å². The largest absolute Gasteiger partial charge is 0.268 e. The standard InChI is InChI=1S/C25H21N5/c1-3-8-20(9-4-1)18-29-16-14-24(27-29)22-12-7-13-23(26-22)25-15-17-30(28-25)19-21-10-5-2-6-11-21/h1-17H,18-19H2. The maximum absolute atomic E-state index is 4.80. The van der Waals surface area contributed by atoms with Crippen LogP contribution in [0, 0.1) is 0 Å². The van der Waals surface area contributed by atoms with E-state index in [2.05, 4.69) is 24.3 Å². The van der Waals surface area contributed by atoms with Crippen molar-refractivity contribution in [3.63, 3.8) is 0 Å². The minimum absolute atomic E-state index is 0.740. The molecule has 0 aliphatic heterocycles. The highest BCUT2D eigenvalue weighted by molar-refractivity contribution is 5.61. The van der Waals surface area contributed by atoms with Crippen LogP contribution in [-0.2, 0) is 13.1 Å². The zero-order valence-electron chi connectivity index (χ0n) is 16.5. The van der Waals surface area contributed by atoms with Crippen LogP contribution in [0.4, 0.5) is 0 Å². The summed E-state index contributed by atoms with van der Waals surface area (Å²) in [6, 6.07) is 30.6. The summed E-state index contributed by atoms with van der Waals surface area (Å²) in [7, 11) is 0. The smallest absolute Gasteiger partial charge is 0.111 e. The van der Waals surface area contributed by atoms with Crippen LogP contribution in [0.2, 0.25) is 0 Å². The molecule has 146 valence electrons. The number of hydrogen-bond donors (Lipinski definition) is 0. The van der Waals surface area contributed by atoms with Gasteiger partial charge in [0.2, 0.25) is 0 Å². The maximum atomic E-state index is 4.80. The molecule has 0 spiro atoms. The van der Waals surface area contributed by atoms with Crippen molar-refractivity contribution in [1.29, 1.82) is 0 Å². The molecular formula is C25H21N5. The molecule has 0 fully saturated rings. The highest BCUT2D eigenvalue weighted by Gasteiger charge is 2.09. The molecular weight excluding hydrogens is 370 g/mol. The highest BCUT2D eigenvalue weighted by Crippen LogP contribution is 2.21. The van der Waals surface area contributed by atoms with Gasteiger partial charge in [-0.2, -0.15) is 10.2 Å². The van der Waals surface area contributed by atoms with Crippen molar-refractivity contribution in [2.45, 2.75) is 13.1 Å². The van der Waals surface area contributed by atoms with Crippen molar-refractivity contribution >= 4 is 0 Å². The summed E-state index contributed by atoms with van der Waals surface area (Å²) in [4.78, 5) is 4.80. The summed E-state index contributed by atoms with van der Waals surface area (Å²) < 4.78 is 3.88. The SMILES string of the molecule is c1ccc(Cn2ccc(-c3cccc(-c4ccn(Cc5ccccc5)n4)n3)n2)cc1. The Hall–Kier alpha value is -3.99. The lowest BCUT2D eigenvalue weighted by Crippen LogP contribution is -2.01. The molecule has 0 unspecified atom stereocenters. The molecule has 5 aromatic rings. The van der Waals surface area contributed by atoms with Gasteiger partial charge in [-0.3, -0.25) is 9.36 Å². The van der Waals surface area contributed by atoms with Crippen molar-refractivity contribution in [3.05, 3.63) is 115 Å². The van der Waals surface area contributed by atoms with Gasteiger partial charge in [-0.15, -0.1) is 0 Å². The monoisotopic (exact) mass is 391 g/mol. The van der Waals surface area contributed by atoms with Gasteiger partial charge < -0.3 is 0 Å². The Bertz CT molecular complexity index is 1140. The average Bonchev–Trinajstić information content (AvgIpc) is 3.45. The minimum Gasteiger partial charge on any atom is -0.268 e. The van der Waals surface area contributed by atoms with Gasteiger partial charge in [-0.05, 0) is 35.4 Å². The summed E-state index contributed by atoms with van der Waals surface area (Å²) in [6.45, 7) is 1.48. The molecule has 0 saturated carbocycles. The molecule has 5 nitrogen and oxygen atoms in total. The quantitative estimate of drug-likeness (QED) is 0.413. The Morgan fingerprint density at radius 3 is 1.40 bits per heavy atom. The van der Waals surface area contributed by atoms with Gasteiger partial charge in [-0.1, -0.05) is 66.7 Å². The van der Waals surface area contributed by atoms with Crippen LogP contribution >= 0.6 is 0 Å². The van der Waals surface area contributed by atoms with Gasteiger partial charge in [0.25, 0.3) is 0 Å². The van der Waals surface area contributed by atoms with Gasteiger partial charge in [-0.25, -0.2) is 4.98 Å². The Labute approximate surface area is 175 Å². The molecule has 3 aromatic heterocycles. The summed E-state index contributed by atoms with van der Waals surface area (Å²) in [5.74, 6) is 0. The van der Waals surface area contributed by atoms with E-state index >= 15 is 0 Å². The van der Waals surface area contributed by atoms with Gasteiger partial charge >= 0.3 is 0 Å². The Balaban J connectivity index is 1.35. The Morgan fingerprint density at radius 1 is 0.467 bits per heavy atom. The van der Waals surface area contributed by atoms with Crippen LogP contribution in [0.5, 0.6) is 0 Å². The first kappa shape index (κ1) is 18.1. The number of aromatic nitrogens is 5. The van der Waals surface area contributed by atoms with Crippen molar-refractivity contribution in [2.24, 2.45) is 0 Å². The van der Waals surface area contributed by atoms with Gasteiger partial charge in [0, 0.05) is 12.4 Å². The molecule has 5 rings (SSSR count). The second-order valence-electron chi connectivity index (χ2n) is 7.18. The fourth-order valence-corrected chi connectivity index (χ4v) is 3.43. The molecule has 0 radical (unpaired) electrons. The van der Waals surface area contributed by atoms with Gasteiger partial charge in [0.15, 0.2) is 0 Å². The number of hydrogen-bond acceptors (Lipinski definition) is 3. The van der Waals surface area contributed by atoms with E-state index in [0.29, 0.717) is 0 Å². The van der Waals surface area contributed by atoms with Crippen LogP contribution in [0.3, 0.4) is 0 Å². The average molecular weight is 391 g/mol. The Kier molecular flexibility index (Phi) is 4.92. The van der Waals surface area contributed by atoms with Crippen molar-refractivity contribution in [2.75, 3.05) is 0 Å².